The van der Waals surface area contributed by atoms with Crippen LogP contribution in [-0.4, -0.2) is 54.9 Å². The molecule has 2 aliphatic rings. The van der Waals surface area contributed by atoms with Crippen LogP contribution in [0.2, 0.25) is 0 Å². The van der Waals surface area contributed by atoms with Crippen molar-refractivity contribution < 1.29 is 26.9 Å². The average Bonchev–Trinajstić information content (AvgIpc) is 3.20. The zero-order valence-corrected chi connectivity index (χ0v) is 21.1. The zero-order valence-electron chi connectivity index (χ0n) is 19.4. The van der Waals surface area contributed by atoms with Crippen LogP contribution in [-0.2, 0) is 32.1 Å². The Morgan fingerprint density at radius 2 is 1.97 bits per heavy atom. The van der Waals surface area contributed by atoms with Crippen molar-refractivity contribution in [2.75, 3.05) is 19.3 Å². The Hall–Kier alpha value is -2.17. The number of aromatic nitrogens is 1. The van der Waals surface area contributed by atoms with Gasteiger partial charge in [-0.3, -0.25) is 4.18 Å². The molecular weight excluding hydrogens is 464 g/mol. The van der Waals surface area contributed by atoms with E-state index in [2.05, 4.69) is 11.1 Å². The van der Waals surface area contributed by atoms with Crippen molar-refractivity contribution in [3.8, 4) is 16.3 Å². The second-order valence-corrected chi connectivity index (χ2v) is 12.2. The number of carbonyl (C=O) groups excluding carboxylic acids is 1. The van der Waals surface area contributed by atoms with E-state index < -0.39 is 15.7 Å². The van der Waals surface area contributed by atoms with Crippen LogP contribution in [0.4, 0.5) is 4.79 Å². The molecule has 8 nitrogen and oxygen atoms in total. The molecule has 4 rings (SSSR count). The molecule has 1 aromatic heterocycles. The highest BCUT2D eigenvalue weighted by Crippen LogP contribution is 2.41. The lowest BCUT2D eigenvalue weighted by molar-refractivity contribution is -0.0272. The molecule has 1 fully saturated rings. The smallest absolute Gasteiger partial charge is 0.410 e. The van der Waals surface area contributed by atoms with Crippen LogP contribution in [0.3, 0.4) is 0 Å². The van der Waals surface area contributed by atoms with Gasteiger partial charge in [0.2, 0.25) is 0 Å². The molecule has 0 bridgehead atoms. The fourth-order valence-electron chi connectivity index (χ4n) is 4.10. The molecule has 10 heteroatoms. The predicted octanol–water partition coefficient (Wildman–Crippen LogP) is 4.38. The molecule has 0 unspecified atom stereocenters. The summed E-state index contributed by atoms with van der Waals surface area (Å²) in [6.45, 7) is 6.82. The number of amides is 1. The van der Waals surface area contributed by atoms with Gasteiger partial charge in [0.15, 0.2) is 0 Å². The maximum absolute atomic E-state index is 12.4. The van der Waals surface area contributed by atoms with Crippen molar-refractivity contribution >= 4 is 27.5 Å². The number of ether oxygens (including phenoxy) is 2. The second kappa shape index (κ2) is 8.88. The van der Waals surface area contributed by atoms with Gasteiger partial charge < -0.3 is 14.4 Å². The number of nitrogens with zero attached hydrogens (tertiary/aromatic N) is 2. The zero-order chi connectivity index (χ0) is 23.9. The first-order valence-electron chi connectivity index (χ1n) is 11.0. The molecule has 0 saturated carbocycles. The lowest BCUT2D eigenvalue weighted by Crippen LogP contribution is -2.52. The van der Waals surface area contributed by atoms with Gasteiger partial charge in [0.1, 0.15) is 28.6 Å². The maximum atomic E-state index is 12.4. The molecule has 2 aromatic rings. The topological polar surface area (TPSA) is 95.0 Å². The van der Waals surface area contributed by atoms with Crippen molar-refractivity contribution in [1.82, 2.24) is 9.88 Å². The number of likely N-dealkylation sites (tertiary alicyclic amines) is 1. The minimum atomic E-state index is -3.50. The number of piperidine rings is 1. The molecular formula is C23H30N2O6S2. The number of aryl methyl sites for hydroxylation is 1. The second-order valence-electron chi connectivity index (χ2n) is 9.69. The molecule has 1 spiro atoms. The Kier molecular flexibility index (Phi) is 6.45. The lowest BCUT2D eigenvalue weighted by atomic mass is 9.83. The number of rotatable bonds is 4. The van der Waals surface area contributed by atoms with Gasteiger partial charge in [-0.05, 0) is 57.4 Å². The summed E-state index contributed by atoms with van der Waals surface area (Å²) in [6.07, 6.45) is 4.12. The van der Waals surface area contributed by atoms with E-state index in [9.17, 15) is 13.2 Å². The van der Waals surface area contributed by atoms with E-state index in [-0.39, 0.29) is 18.3 Å². The van der Waals surface area contributed by atoms with E-state index in [1.165, 1.54) is 11.3 Å². The Balaban J connectivity index is 1.39. The van der Waals surface area contributed by atoms with Gasteiger partial charge in [-0.2, -0.15) is 8.42 Å². The van der Waals surface area contributed by atoms with Gasteiger partial charge in [0.25, 0.3) is 10.1 Å². The van der Waals surface area contributed by atoms with E-state index in [0.717, 1.165) is 53.8 Å². The van der Waals surface area contributed by atoms with Crippen LogP contribution in [0.5, 0.6) is 5.75 Å². The molecule has 1 saturated heterocycles. The molecule has 0 aliphatic carbocycles. The summed E-state index contributed by atoms with van der Waals surface area (Å²) in [5, 5.41) is 2.63. The van der Waals surface area contributed by atoms with Gasteiger partial charge in [-0.25, -0.2) is 9.78 Å². The molecule has 33 heavy (non-hydrogen) atoms. The quantitative estimate of drug-likeness (QED) is 0.582. The molecule has 180 valence electrons. The first kappa shape index (κ1) is 24.0. The third-order valence-electron chi connectivity index (χ3n) is 5.78. The standard InChI is InChI=1S/C23H30N2O6S2/c1-22(2,3)31-21(26)25-11-9-23(10-12-25)8-7-16-13-17(5-6-19(16)30-23)20-24-18(15-32-20)14-29-33(4,27)28/h5-6,13,15H,7-12,14H2,1-4H3. The van der Waals surface area contributed by atoms with Gasteiger partial charge in [-0.15, -0.1) is 11.3 Å². The third-order valence-corrected chi connectivity index (χ3v) is 7.27. The highest BCUT2D eigenvalue weighted by molar-refractivity contribution is 7.85. The van der Waals surface area contributed by atoms with E-state index >= 15 is 0 Å². The Labute approximate surface area is 199 Å². The summed E-state index contributed by atoms with van der Waals surface area (Å²) in [5.74, 6) is 0.882. The Bertz CT molecular complexity index is 1130. The summed E-state index contributed by atoms with van der Waals surface area (Å²) in [5.41, 5.74) is 1.96. The normalized spacial score (nSPS) is 18.0. The first-order chi connectivity index (χ1) is 15.4. The Morgan fingerprint density at radius 3 is 2.64 bits per heavy atom. The number of fused-ring (bicyclic) bond motifs is 1. The molecule has 2 aliphatic heterocycles. The van der Waals surface area contributed by atoms with Gasteiger partial charge in [-0.1, -0.05) is 0 Å². The monoisotopic (exact) mass is 494 g/mol. The van der Waals surface area contributed by atoms with Crippen molar-refractivity contribution in [1.29, 1.82) is 0 Å². The molecule has 1 aromatic carbocycles. The molecule has 3 heterocycles. The van der Waals surface area contributed by atoms with Crippen molar-refractivity contribution in [3.05, 3.63) is 34.8 Å². The number of hydrogen-bond acceptors (Lipinski definition) is 8. The van der Waals surface area contributed by atoms with Crippen molar-refractivity contribution in [2.45, 2.75) is 64.3 Å². The van der Waals surface area contributed by atoms with Crippen LogP contribution >= 0.6 is 11.3 Å². The number of benzene rings is 1. The SMILES string of the molecule is CC(C)(C)OC(=O)N1CCC2(CCc3cc(-c4nc(COS(C)(=O)=O)cs4)ccc3O2)CC1. The summed E-state index contributed by atoms with van der Waals surface area (Å²) in [4.78, 5) is 18.6. The summed E-state index contributed by atoms with van der Waals surface area (Å²) < 4.78 is 39.2. The van der Waals surface area contributed by atoms with Crippen molar-refractivity contribution in [3.63, 3.8) is 0 Å². The molecule has 0 atom stereocenters. The lowest BCUT2D eigenvalue weighted by Gasteiger charge is -2.44. The largest absolute Gasteiger partial charge is 0.487 e. The molecule has 0 radical (unpaired) electrons. The first-order valence-corrected chi connectivity index (χ1v) is 13.7. The van der Waals surface area contributed by atoms with E-state index in [4.69, 9.17) is 13.7 Å². The number of thiazole rings is 1. The average molecular weight is 495 g/mol. The summed E-state index contributed by atoms with van der Waals surface area (Å²) in [6, 6.07) is 6.06. The minimum Gasteiger partial charge on any atom is -0.487 e. The third kappa shape index (κ3) is 6.04. The van der Waals surface area contributed by atoms with Crippen LogP contribution in [0.1, 0.15) is 51.3 Å². The van der Waals surface area contributed by atoms with E-state index in [1.807, 2.05) is 38.3 Å². The van der Waals surface area contributed by atoms with Crippen LogP contribution in [0, 0.1) is 0 Å². The Morgan fingerprint density at radius 1 is 1.24 bits per heavy atom. The number of carbonyl (C=O) groups is 1. The van der Waals surface area contributed by atoms with Gasteiger partial charge in [0, 0.05) is 36.9 Å². The molecule has 0 N–H and O–H groups in total. The van der Waals surface area contributed by atoms with Crippen LogP contribution in [0.15, 0.2) is 23.6 Å². The molecule has 1 amide bonds. The van der Waals surface area contributed by atoms with Gasteiger partial charge in [0.05, 0.1) is 11.9 Å². The summed E-state index contributed by atoms with van der Waals surface area (Å²) in [7, 11) is -3.50. The minimum absolute atomic E-state index is 0.0633. The van der Waals surface area contributed by atoms with Crippen molar-refractivity contribution in [2.24, 2.45) is 0 Å². The highest BCUT2D eigenvalue weighted by Gasteiger charge is 2.41. The van der Waals surface area contributed by atoms with Gasteiger partial charge >= 0.3 is 6.09 Å². The highest BCUT2D eigenvalue weighted by atomic mass is 32.2. The van der Waals surface area contributed by atoms with E-state index in [0.29, 0.717) is 18.8 Å². The predicted molar refractivity (Wildman–Crippen MR) is 126 cm³/mol. The van der Waals surface area contributed by atoms with Crippen LogP contribution < -0.4 is 4.74 Å². The van der Waals surface area contributed by atoms with Crippen LogP contribution in [0.25, 0.3) is 10.6 Å². The fraction of sp³-hybridized carbons (Fsp3) is 0.565. The fourth-order valence-corrected chi connectivity index (χ4v) is 5.24. The van der Waals surface area contributed by atoms with E-state index in [1.54, 1.807) is 4.90 Å². The number of hydrogen-bond donors (Lipinski definition) is 0. The summed E-state index contributed by atoms with van der Waals surface area (Å²) >= 11 is 1.46. The maximum Gasteiger partial charge on any atom is 0.410 e.